The minimum absolute atomic E-state index is 0.0387. The van der Waals surface area contributed by atoms with Gasteiger partial charge in [0.05, 0.1) is 11.5 Å². The van der Waals surface area contributed by atoms with Crippen LogP contribution in [0.5, 0.6) is 11.6 Å². The van der Waals surface area contributed by atoms with Gasteiger partial charge < -0.3 is 9.84 Å². The van der Waals surface area contributed by atoms with E-state index in [-0.39, 0.29) is 10.8 Å². The molecule has 4 nitrogen and oxygen atoms in total. The van der Waals surface area contributed by atoms with Gasteiger partial charge in [0.1, 0.15) is 5.75 Å². The fourth-order valence-corrected chi connectivity index (χ4v) is 3.05. The Bertz CT molecular complexity index is 806. The van der Waals surface area contributed by atoms with Gasteiger partial charge in [-0.25, -0.2) is 0 Å². The molecule has 0 amide bonds. The zero-order chi connectivity index (χ0) is 16.1. The molecule has 0 aliphatic rings. The third-order valence-corrected chi connectivity index (χ3v) is 4.36. The molecule has 0 saturated carbocycles. The molecule has 3 aromatic rings. The number of aromatic hydroxyl groups is 1. The Hall–Kier alpha value is -2.53. The van der Waals surface area contributed by atoms with Crippen molar-refractivity contribution < 1.29 is 9.84 Å². The van der Waals surface area contributed by atoms with E-state index in [1.54, 1.807) is 0 Å². The summed E-state index contributed by atoms with van der Waals surface area (Å²) in [5.74, 6) is 0.777. The molecule has 1 aromatic heterocycles. The molecule has 2 aromatic carbocycles. The molecule has 0 spiro atoms. The first-order valence-electron chi connectivity index (χ1n) is 7.37. The lowest BCUT2D eigenvalue weighted by Gasteiger charge is -2.07. The molecule has 0 radical (unpaired) electrons. The number of hydrogen-bond donors (Lipinski definition) is 2. The van der Waals surface area contributed by atoms with Gasteiger partial charge in [0, 0.05) is 12.8 Å². The molecule has 3 rings (SSSR count). The van der Waals surface area contributed by atoms with Crippen molar-refractivity contribution in [3.8, 4) is 11.6 Å². The van der Waals surface area contributed by atoms with Crippen LogP contribution in [0, 0.1) is 0 Å². The Morgan fingerprint density at radius 1 is 1.00 bits per heavy atom. The average Bonchev–Trinajstić information content (AvgIpc) is 2.88. The highest BCUT2D eigenvalue weighted by molar-refractivity contribution is 7.09. The van der Waals surface area contributed by atoms with E-state index in [0.29, 0.717) is 17.9 Å². The molecule has 0 aliphatic heterocycles. The van der Waals surface area contributed by atoms with Crippen molar-refractivity contribution in [1.82, 2.24) is 4.98 Å². The van der Waals surface area contributed by atoms with Gasteiger partial charge in [-0.15, -0.1) is 0 Å². The number of hydrogen-bond acceptors (Lipinski definition) is 4. The largest absolute Gasteiger partial charge is 0.494 e. The number of nitrogens with one attached hydrogen (secondary N) is 1. The predicted octanol–water partition coefficient (Wildman–Crippen LogP) is 3.35. The van der Waals surface area contributed by atoms with Gasteiger partial charge in [-0.2, -0.15) is 0 Å². The fourth-order valence-electron chi connectivity index (χ4n) is 2.29. The summed E-state index contributed by atoms with van der Waals surface area (Å²) in [7, 11) is 0. The Balaban J connectivity index is 1.55. The number of benzene rings is 2. The van der Waals surface area contributed by atoms with Gasteiger partial charge in [-0.05, 0) is 23.3 Å². The van der Waals surface area contributed by atoms with Crippen LogP contribution in [0.15, 0.2) is 59.4 Å². The van der Waals surface area contributed by atoms with Crippen LogP contribution in [0.1, 0.15) is 16.0 Å². The Labute approximate surface area is 138 Å². The van der Waals surface area contributed by atoms with E-state index in [9.17, 15) is 9.90 Å². The van der Waals surface area contributed by atoms with Crippen molar-refractivity contribution in [1.29, 1.82) is 0 Å². The summed E-state index contributed by atoms with van der Waals surface area (Å²) >= 11 is 1.03. The molecule has 0 saturated heterocycles. The van der Waals surface area contributed by atoms with Gasteiger partial charge in [0.2, 0.25) is 5.88 Å². The standard InChI is InChI=1S/C18H17NO3S/c20-17-16(23-18(21)19-17)12-14-6-8-15(9-7-14)22-11-10-13-4-2-1-3-5-13/h1-9,20H,10-12H2,(H,19,21). The lowest BCUT2D eigenvalue weighted by molar-refractivity contribution is 0.322. The minimum Gasteiger partial charge on any atom is -0.494 e. The van der Waals surface area contributed by atoms with Crippen LogP contribution in [0.2, 0.25) is 0 Å². The van der Waals surface area contributed by atoms with Crippen LogP contribution in [-0.2, 0) is 12.8 Å². The second-order valence-corrected chi connectivity index (χ2v) is 6.26. The normalized spacial score (nSPS) is 10.6. The van der Waals surface area contributed by atoms with Gasteiger partial charge in [-0.1, -0.05) is 53.8 Å². The number of aromatic nitrogens is 1. The fraction of sp³-hybridized carbons (Fsp3) is 0.167. The smallest absolute Gasteiger partial charge is 0.307 e. The third kappa shape index (κ3) is 4.23. The highest BCUT2D eigenvalue weighted by atomic mass is 32.1. The summed E-state index contributed by atoms with van der Waals surface area (Å²) in [6.07, 6.45) is 1.40. The molecule has 1 heterocycles. The van der Waals surface area contributed by atoms with E-state index in [0.717, 1.165) is 29.1 Å². The molecule has 0 aliphatic carbocycles. The van der Waals surface area contributed by atoms with Gasteiger partial charge >= 0.3 is 4.87 Å². The first-order valence-corrected chi connectivity index (χ1v) is 8.19. The molecule has 5 heteroatoms. The van der Waals surface area contributed by atoms with Crippen LogP contribution in [0.4, 0.5) is 0 Å². The van der Waals surface area contributed by atoms with Crippen LogP contribution in [-0.4, -0.2) is 16.7 Å². The zero-order valence-electron chi connectivity index (χ0n) is 12.5. The number of H-pyrrole nitrogens is 1. The topological polar surface area (TPSA) is 62.3 Å². The van der Waals surface area contributed by atoms with Crippen molar-refractivity contribution in [2.75, 3.05) is 6.61 Å². The summed E-state index contributed by atoms with van der Waals surface area (Å²) < 4.78 is 5.74. The molecule has 0 bridgehead atoms. The van der Waals surface area contributed by atoms with Crippen LogP contribution >= 0.6 is 11.3 Å². The molecular formula is C18H17NO3S. The van der Waals surface area contributed by atoms with Gasteiger partial charge in [0.15, 0.2) is 0 Å². The Kier molecular flexibility index (Phi) is 4.78. The maximum absolute atomic E-state index is 11.2. The summed E-state index contributed by atoms with van der Waals surface area (Å²) in [4.78, 5) is 14.0. The maximum Gasteiger partial charge on any atom is 0.307 e. The summed E-state index contributed by atoms with van der Waals surface area (Å²) in [6.45, 7) is 0.629. The van der Waals surface area contributed by atoms with Crippen LogP contribution in [0.25, 0.3) is 0 Å². The van der Waals surface area contributed by atoms with Gasteiger partial charge in [-0.3, -0.25) is 9.78 Å². The van der Waals surface area contributed by atoms with E-state index >= 15 is 0 Å². The molecule has 0 fully saturated rings. The molecule has 23 heavy (non-hydrogen) atoms. The Morgan fingerprint density at radius 2 is 1.74 bits per heavy atom. The second-order valence-electron chi connectivity index (χ2n) is 5.19. The van der Waals surface area contributed by atoms with Crippen molar-refractivity contribution in [3.63, 3.8) is 0 Å². The average molecular weight is 327 g/mol. The van der Waals surface area contributed by atoms with Crippen molar-refractivity contribution in [3.05, 3.63) is 80.3 Å². The summed E-state index contributed by atoms with van der Waals surface area (Å²) in [5, 5.41) is 9.60. The first-order chi connectivity index (χ1) is 11.2. The summed E-state index contributed by atoms with van der Waals surface area (Å²) in [6, 6.07) is 17.9. The Morgan fingerprint density at radius 3 is 2.39 bits per heavy atom. The molecule has 0 unspecified atom stereocenters. The zero-order valence-corrected chi connectivity index (χ0v) is 13.3. The van der Waals surface area contributed by atoms with E-state index in [2.05, 4.69) is 17.1 Å². The highest BCUT2D eigenvalue weighted by Crippen LogP contribution is 2.21. The molecule has 0 atom stereocenters. The maximum atomic E-state index is 11.2. The lowest BCUT2D eigenvalue weighted by atomic mass is 10.1. The lowest BCUT2D eigenvalue weighted by Crippen LogP contribution is -2.01. The third-order valence-electron chi connectivity index (χ3n) is 3.49. The predicted molar refractivity (Wildman–Crippen MR) is 91.5 cm³/mol. The number of rotatable bonds is 6. The van der Waals surface area contributed by atoms with Crippen molar-refractivity contribution in [2.45, 2.75) is 12.8 Å². The molecular weight excluding hydrogens is 310 g/mol. The van der Waals surface area contributed by atoms with Gasteiger partial charge in [0.25, 0.3) is 0 Å². The van der Waals surface area contributed by atoms with E-state index < -0.39 is 0 Å². The molecule has 118 valence electrons. The number of aromatic amines is 1. The number of ether oxygens (including phenoxy) is 1. The van der Waals surface area contributed by atoms with E-state index in [1.807, 2.05) is 42.5 Å². The van der Waals surface area contributed by atoms with E-state index in [4.69, 9.17) is 4.74 Å². The van der Waals surface area contributed by atoms with Crippen molar-refractivity contribution >= 4 is 11.3 Å². The summed E-state index contributed by atoms with van der Waals surface area (Å²) in [5.41, 5.74) is 2.27. The minimum atomic E-state index is -0.238. The monoisotopic (exact) mass is 327 g/mol. The molecule has 2 N–H and O–H groups in total. The quantitative estimate of drug-likeness (QED) is 0.730. The second kappa shape index (κ2) is 7.15. The SMILES string of the molecule is O=c1[nH]c(O)c(Cc2ccc(OCCc3ccccc3)cc2)s1. The number of thiazole rings is 1. The first kappa shape index (κ1) is 15.4. The van der Waals surface area contributed by atoms with Crippen molar-refractivity contribution in [2.24, 2.45) is 0 Å². The highest BCUT2D eigenvalue weighted by Gasteiger charge is 2.07. The van der Waals surface area contributed by atoms with Crippen LogP contribution in [0.3, 0.4) is 0 Å². The van der Waals surface area contributed by atoms with Crippen LogP contribution < -0.4 is 9.61 Å². The van der Waals surface area contributed by atoms with E-state index in [1.165, 1.54) is 5.56 Å².